The van der Waals surface area contributed by atoms with Crippen molar-refractivity contribution in [2.24, 2.45) is 5.92 Å². The third kappa shape index (κ3) is 5.06. The van der Waals surface area contributed by atoms with E-state index in [4.69, 9.17) is 12.2 Å². The molecule has 0 saturated carbocycles. The van der Waals surface area contributed by atoms with E-state index in [0.717, 1.165) is 24.4 Å². The van der Waals surface area contributed by atoms with Crippen molar-refractivity contribution in [1.82, 2.24) is 19.7 Å². The molecule has 1 aliphatic rings. The highest BCUT2D eigenvalue weighted by atomic mass is 32.2. The number of rotatable bonds is 7. The van der Waals surface area contributed by atoms with E-state index in [0.29, 0.717) is 23.8 Å². The summed E-state index contributed by atoms with van der Waals surface area (Å²) in [6.45, 7) is 7.76. The molecular weight excluding hydrogens is 380 g/mol. The van der Waals surface area contributed by atoms with Crippen LogP contribution >= 0.6 is 12.2 Å². The number of hydrogen-bond donors (Lipinski definition) is 1. The number of aromatic nitrogens is 3. The smallest absolute Gasteiger partial charge is 0.217 e. The average Bonchev–Trinajstić information content (AvgIpc) is 3.16. The molecule has 1 fully saturated rings. The van der Waals surface area contributed by atoms with Crippen LogP contribution in [0, 0.1) is 10.7 Å². The van der Waals surface area contributed by atoms with E-state index in [1.807, 2.05) is 16.8 Å². The largest absolute Gasteiger partial charge is 0.280 e. The predicted molar refractivity (Wildman–Crippen MR) is 111 cm³/mol. The standard InChI is InChI=1S/C19H28N4O2S2/c1-4-15-5-7-16(8-6-15)18-20-19(26)23(21-18)13-22(11-14(2)3)17-9-10-27(24,25)12-17/h5-8,14,17H,4,9-13H2,1-3H3,(H,20,21,26)/t17-/m0/s1. The Hall–Kier alpha value is -1.51. The Bertz CT molecular complexity index is 929. The Morgan fingerprint density at radius 1 is 1.33 bits per heavy atom. The third-order valence-electron chi connectivity index (χ3n) is 4.96. The summed E-state index contributed by atoms with van der Waals surface area (Å²) in [5.74, 6) is 1.68. The summed E-state index contributed by atoms with van der Waals surface area (Å²) in [6.07, 6.45) is 1.68. The molecule has 1 aliphatic heterocycles. The van der Waals surface area contributed by atoms with Crippen molar-refractivity contribution < 1.29 is 8.42 Å². The van der Waals surface area contributed by atoms with Crippen LogP contribution in [0.2, 0.25) is 0 Å². The molecule has 0 spiro atoms. The van der Waals surface area contributed by atoms with Crippen LogP contribution in [0.5, 0.6) is 0 Å². The van der Waals surface area contributed by atoms with Gasteiger partial charge in [0.2, 0.25) is 4.77 Å². The second-order valence-corrected chi connectivity index (χ2v) is 10.3. The molecule has 0 unspecified atom stereocenters. The lowest BCUT2D eigenvalue weighted by Gasteiger charge is -2.29. The fraction of sp³-hybridized carbons (Fsp3) is 0.579. The molecule has 3 rings (SSSR count). The Morgan fingerprint density at radius 3 is 2.59 bits per heavy atom. The van der Waals surface area contributed by atoms with Gasteiger partial charge in [-0.2, -0.15) is 4.98 Å². The topological polar surface area (TPSA) is 71.0 Å². The van der Waals surface area contributed by atoms with E-state index in [1.54, 1.807) is 0 Å². The number of sulfone groups is 1. The number of nitrogens with one attached hydrogen (secondary N) is 1. The van der Waals surface area contributed by atoms with Gasteiger partial charge in [-0.3, -0.25) is 10.00 Å². The van der Waals surface area contributed by atoms with Crippen molar-refractivity contribution in [1.29, 1.82) is 0 Å². The van der Waals surface area contributed by atoms with Crippen molar-refractivity contribution >= 4 is 22.1 Å². The van der Waals surface area contributed by atoms with E-state index in [-0.39, 0.29) is 17.5 Å². The van der Waals surface area contributed by atoms with Gasteiger partial charge in [0, 0.05) is 18.2 Å². The zero-order valence-corrected chi connectivity index (χ0v) is 17.8. The van der Waals surface area contributed by atoms with Gasteiger partial charge in [-0.05, 0) is 36.5 Å². The first-order chi connectivity index (χ1) is 12.8. The van der Waals surface area contributed by atoms with Gasteiger partial charge in [0.15, 0.2) is 15.7 Å². The minimum absolute atomic E-state index is 0.0369. The summed E-state index contributed by atoms with van der Waals surface area (Å²) in [6, 6.07) is 8.33. The maximum absolute atomic E-state index is 11.9. The van der Waals surface area contributed by atoms with Gasteiger partial charge >= 0.3 is 0 Å². The second-order valence-electron chi connectivity index (χ2n) is 7.70. The number of hydrogen-bond acceptors (Lipinski definition) is 5. The van der Waals surface area contributed by atoms with Gasteiger partial charge in [-0.15, -0.1) is 0 Å². The molecule has 1 N–H and O–H groups in total. The number of H-pyrrole nitrogens is 1. The van der Waals surface area contributed by atoms with Crippen LogP contribution in [0.4, 0.5) is 0 Å². The number of aromatic amines is 1. The molecule has 2 heterocycles. The summed E-state index contributed by atoms with van der Waals surface area (Å²) >= 11 is 5.45. The quantitative estimate of drug-likeness (QED) is 0.712. The molecule has 2 aromatic rings. The van der Waals surface area contributed by atoms with Crippen molar-refractivity contribution in [2.45, 2.75) is 46.3 Å². The molecule has 1 aromatic heterocycles. The Kier molecular flexibility index (Phi) is 6.18. The van der Waals surface area contributed by atoms with E-state index < -0.39 is 9.84 Å². The molecule has 1 saturated heterocycles. The Balaban J connectivity index is 1.81. The fourth-order valence-electron chi connectivity index (χ4n) is 3.52. The first-order valence-corrected chi connectivity index (χ1v) is 11.7. The molecular formula is C19H28N4O2S2. The van der Waals surface area contributed by atoms with E-state index in [9.17, 15) is 8.42 Å². The fourth-order valence-corrected chi connectivity index (χ4v) is 5.47. The molecule has 8 heteroatoms. The van der Waals surface area contributed by atoms with E-state index >= 15 is 0 Å². The Morgan fingerprint density at radius 2 is 2.04 bits per heavy atom. The van der Waals surface area contributed by atoms with E-state index in [1.165, 1.54) is 5.56 Å². The van der Waals surface area contributed by atoms with Gasteiger partial charge in [0.1, 0.15) is 0 Å². The van der Waals surface area contributed by atoms with Gasteiger partial charge in [-0.1, -0.05) is 45.0 Å². The third-order valence-corrected chi connectivity index (χ3v) is 7.02. The van der Waals surface area contributed by atoms with Crippen LogP contribution in [0.3, 0.4) is 0 Å². The minimum Gasteiger partial charge on any atom is -0.280 e. The molecule has 148 valence electrons. The summed E-state index contributed by atoms with van der Waals surface area (Å²) in [4.78, 5) is 6.72. The lowest BCUT2D eigenvalue weighted by atomic mass is 10.1. The monoisotopic (exact) mass is 408 g/mol. The SMILES string of the molecule is CCc1ccc(-c2nc(=S)n(CN(CC(C)C)[C@H]3CCS(=O)(=O)C3)[nH]2)cc1. The van der Waals surface area contributed by atoms with Crippen molar-refractivity contribution in [3.63, 3.8) is 0 Å². The molecule has 0 radical (unpaired) electrons. The van der Waals surface area contributed by atoms with Crippen LogP contribution in [-0.4, -0.2) is 52.2 Å². The van der Waals surface area contributed by atoms with Crippen LogP contribution in [0.15, 0.2) is 24.3 Å². The normalized spacial score (nSPS) is 19.2. The van der Waals surface area contributed by atoms with Crippen LogP contribution in [0.1, 0.15) is 32.8 Å². The lowest BCUT2D eigenvalue weighted by Crippen LogP contribution is -2.40. The van der Waals surface area contributed by atoms with Crippen LogP contribution < -0.4 is 0 Å². The summed E-state index contributed by atoms with van der Waals surface area (Å²) < 4.78 is 26.2. The van der Waals surface area contributed by atoms with Crippen LogP contribution in [0.25, 0.3) is 11.4 Å². The summed E-state index contributed by atoms with van der Waals surface area (Å²) in [7, 11) is -2.93. The number of benzene rings is 1. The number of nitrogens with zero attached hydrogens (tertiary/aromatic N) is 3. The lowest BCUT2D eigenvalue weighted by molar-refractivity contribution is 0.137. The predicted octanol–water partition coefficient (Wildman–Crippen LogP) is 3.27. The molecule has 1 atom stereocenters. The molecule has 1 aromatic carbocycles. The molecule has 27 heavy (non-hydrogen) atoms. The number of aryl methyl sites for hydroxylation is 1. The highest BCUT2D eigenvalue weighted by molar-refractivity contribution is 7.91. The van der Waals surface area contributed by atoms with Crippen LogP contribution in [-0.2, 0) is 22.9 Å². The summed E-state index contributed by atoms with van der Waals surface area (Å²) in [5.41, 5.74) is 2.28. The van der Waals surface area contributed by atoms with Crippen molar-refractivity contribution in [2.75, 3.05) is 18.1 Å². The van der Waals surface area contributed by atoms with Crippen molar-refractivity contribution in [3.05, 3.63) is 34.6 Å². The zero-order valence-electron chi connectivity index (χ0n) is 16.2. The van der Waals surface area contributed by atoms with Gasteiger partial charge in [0.25, 0.3) is 0 Å². The maximum Gasteiger partial charge on any atom is 0.217 e. The second kappa shape index (κ2) is 8.24. The Labute approximate surface area is 166 Å². The highest BCUT2D eigenvalue weighted by Crippen LogP contribution is 2.21. The molecule has 6 nitrogen and oxygen atoms in total. The highest BCUT2D eigenvalue weighted by Gasteiger charge is 2.32. The zero-order chi connectivity index (χ0) is 19.6. The van der Waals surface area contributed by atoms with Gasteiger partial charge in [0.05, 0.1) is 18.2 Å². The first-order valence-electron chi connectivity index (χ1n) is 9.48. The van der Waals surface area contributed by atoms with Gasteiger partial charge < -0.3 is 0 Å². The van der Waals surface area contributed by atoms with E-state index in [2.05, 4.69) is 47.9 Å². The van der Waals surface area contributed by atoms with Gasteiger partial charge in [-0.25, -0.2) is 13.1 Å². The molecule has 0 bridgehead atoms. The average molecular weight is 409 g/mol. The molecule has 0 amide bonds. The van der Waals surface area contributed by atoms with Crippen molar-refractivity contribution in [3.8, 4) is 11.4 Å². The maximum atomic E-state index is 11.9. The molecule has 0 aliphatic carbocycles. The first kappa shape index (κ1) is 20.2. The summed E-state index contributed by atoms with van der Waals surface area (Å²) in [5, 5.41) is 3.29. The minimum atomic E-state index is -2.93.